The van der Waals surface area contributed by atoms with Crippen LogP contribution in [0.1, 0.15) is 16.2 Å². The maximum atomic E-state index is 12.1. The third-order valence-corrected chi connectivity index (χ3v) is 4.11. The van der Waals surface area contributed by atoms with Crippen LogP contribution in [-0.2, 0) is 0 Å². The number of aromatic amines is 1. The van der Waals surface area contributed by atoms with Crippen molar-refractivity contribution in [2.45, 2.75) is 20.8 Å². The third-order valence-electron chi connectivity index (χ3n) is 3.01. The first-order valence-corrected chi connectivity index (χ1v) is 6.45. The first-order chi connectivity index (χ1) is 8.56. The van der Waals surface area contributed by atoms with Gasteiger partial charge in [0.05, 0.1) is 5.39 Å². The lowest BCUT2D eigenvalue weighted by Gasteiger charge is -1.97. The molecule has 18 heavy (non-hydrogen) atoms. The maximum Gasteiger partial charge on any atom is 0.260 e. The van der Waals surface area contributed by atoms with Crippen molar-refractivity contribution in [1.29, 1.82) is 0 Å². The molecule has 0 aliphatic heterocycles. The van der Waals surface area contributed by atoms with Crippen molar-refractivity contribution in [1.82, 2.24) is 9.97 Å². The number of nitrogens with zero attached hydrogens (tertiary/aromatic N) is 1. The first-order valence-electron chi connectivity index (χ1n) is 5.63. The molecule has 1 N–H and O–H groups in total. The smallest absolute Gasteiger partial charge is 0.260 e. The van der Waals surface area contributed by atoms with Gasteiger partial charge in [0.15, 0.2) is 11.6 Å². The molecule has 0 saturated heterocycles. The lowest BCUT2D eigenvalue weighted by atomic mass is 10.2. The van der Waals surface area contributed by atoms with Crippen LogP contribution in [0.4, 0.5) is 0 Å². The molecule has 0 amide bonds. The lowest BCUT2D eigenvalue weighted by molar-refractivity contribution is 0.544. The number of hydrogen-bond donors (Lipinski definition) is 1. The minimum Gasteiger partial charge on any atom is -0.458 e. The Morgan fingerprint density at radius 1 is 1.28 bits per heavy atom. The van der Waals surface area contributed by atoms with Crippen molar-refractivity contribution in [3.63, 3.8) is 0 Å². The van der Waals surface area contributed by atoms with Crippen LogP contribution >= 0.6 is 11.3 Å². The topological polar surface area (TPSA) is 58.9 Å². The van der Waals surface area contributed by atoms with Crippen LogP contribution < -0.4 is 5.56 Å². The van der Waals surface area contributed by atoms with Crippen molar-refractivity contribution in [3.8, 4) is 11.6 Å². The van der Waals surface area contributed by atoms with Gasteiger partial charge in [-0.2, -0.15) is 0 Å². The van der Waals surface area contributed by atoms with Crippen LogP contribution in [0, 0.1) is 20.8 Å². The molecule has 0 unspecified atom stereocenters. The minimum atomic E-state index is -0.106. The van der Waals surface area contributed by atoms with E-state index in [0.717, 1.165) is 21.0 Å². The highest BCUT2D eigenvalue weighted by Crippen LogP contribution is 2.27. The zero-order valence-corrected chi connectivity index (χ0v) is 11.1. The Bertz CT molecular complexity index is 795. The number of rotatable bonds is 1. The van der Waals surface area contributed by atoms with E-state index in [1.54, 1.807) is 0 Å². The Kier molecular flexibility index (Phi) is 2.38. The summed E-state index contributed by atoms with van der Waals surface area (Å²) >= 11 is 1.54. The summed E-state index contributed by atoms with van der Waals surface area (Å²) in [5, 5.41) is 0.685. The molecule has 5 heteroatoms. The van der Waals surface area contributed by atoms with Crippen LogP contribution in [0.15, 0.2) is 21.3 Å². The van der Waals surface area contributed by atoms with Crippen LogP contribution in [0.3, 0.4) is 0 Å². The number of aryl methyl sites for hydroxylation is 3. The molecule has 3 rings (SSSR count). The Hall–Kier alpha value is -1.88. The summed E-state index contributed by atoms with van der Waals surface area (Å²) in [4.78, 5) is 21.2. The molecule has 0 radical (unpaired) electrons. The average molecular weight is 260 g/mol. The van der Waals surface area contributed by atoms with Crippen molar-refractivity contribution in [3.05, 3.63) is 38.7 Å². The molecule has 0 bridgehead atoms. The highest BCUT2D eigenvalue weighted by Gasteiger charge is 2.13. The van der Waals surface area contributed by atoms with E-state index in [-0.39, 0.29) is 5.56 Å². The molecule has 4 nitrogen and oxygen atoms in total. The second-order valence-corrected chi connectivity index (χ2v) is 5.49. The maximum absolute atomic E-state index is 12.1. The fourth-order valence-electron chi connectivity index (χ4n) is 1.93. The van der Waals surface area contributed by atoms with E-state index in [4.69, 9.17) is 4.42 Å². The number of H-pyrrole nitrogens is 1. The van der Waals surface area contributed by atoms with Crippen molar-refractivity contribution in [2.24, 2.45) is 0 Å². The molecule has 0 saturated carbocycles. The van der Waals surface area contributed by atoms with Gasteiger partial charge in [-0.1, -0.05) is 0 Å². The Morgan fingerprint density at radius 3 is 2.72 bits per heavy atom. The third kappa shape index (κ3) is 1.59. The van der Waals surface area contributed by atoms with E-state index in [0.29, 0.717) is 17.0 Å². The summed E-state index contributed by atoms with van der Waals surface area (Å²) in [5.74, 6) is 1.88. The molecule has 0 atom stereocenters. The molecular weight excluding hydrogens is 248 g/mol. The van der Waals surface area contributed by atoms with E-state index in [1.165, 1.54) is 11.3 Å². The Morgan fingerprint density at radius 2 is 2.06 bits per heavy atom. The highest BCUT2D eigenvalue weighted by atomic mass is 32.1. The zero-order chi connectivity index (χ0) is 12.9. The number of aromatic nitrogens is 2. The molecule has 3 aromatic rings. The average Bonchev–Trinajstić information content (AvgIpc) is 2.85. The van der Waals surface area contributed by atoms with Gasteiger partial charge < -0.3 is 9.40 Å². The van der Waals surface area contributed by atoms with E-state index < -0.39 is 0 Å². The van der Waals surface area contributed by atoms with Crippen molar-refractivity contribution < 1.29 is 4.42 Å². The van der Waals surface area contributed by atoms with E-state index in [9.17, 15) is 4.79 Å². The summed E-state index contributed by atoms with van der Waals surface area (Å²) in [6.45, 7) is 5.80. The van der Waals surface area contributed by atoms with Gasteiger partial charge in [-0.25, -0.2) is 4.98 Å². The summed E-state index contributed by atoms with van der Waals surface area (Å²) in [5.41, 5.74) is 0.900. The van der Waals surface area contributed by atoms with Crippen molar-refractivity contribution >= 4 is 21.6 Å². The second kappa shape index (κ2) is 3.81. The predicted octanol–water partition coefficient (Wildman–Crippen LogP) is 3.17. The molecular formula is C13H12N2O2S. The van der Waals surface area contributed by atoms with E-state index in [1.807, 2.05) is 32.9 Å². The number of furan rings is 1. The fourth-order valence-corrected chi connectivity index (χ4v) is 2.96. The number of thiophene rings is 1. The summed E-state index contributed by atoms with van der Waals surface area (Å²) in [6.07, 6.45) is 0. The van der Waals surface area contributed by atoms with Gasteiger partial charge in [0.1, 0.15) is 10.6 Å². The normalized spacial score (nSPS) is 11.3. The van der Waals surface area contributed by atoms with Crippen molar-refractivity contribution in [2.75, 3.05) is 0 Å². The summed E-state index contributed by atoms with van der Waals surface area (Å²) < 4.78 is 5.48. The number of fused-ring (bicyclic) bond motifs is 1. The number of nitrogens with one attached hydrogen (secondary N) is 1. The van der Waals surface area contributed by atoms with Gasteiger partial charge in [-0.05, 0) is 38.5 Å². The summed E-state index contributed by atoms with van der Waals surface area (Å²) in [7, 11) is 0. The van der Waals surface area contributed by atoms with Gasteiger partial charge >= 0.3 is 0 Å². The zero-order valence-electron chi connectivity index (χ0n) is 10.3. The predicted molar refractivity (Wildman–Crippen MR) is 72.2 cm³/mol. The van der Waals surface area contributed by atoms with Crippen LogP contribution in [0.5, 0.6) is 0 Å². The Balaban J connectivity index is 2.31. The Labute approximate surface area is 107 Å². The monoisotopic (exact) mass is 260 g/mol. The molecule has 0 aliphatic rings. The molecule has 0 aromatic carbocycles. The summed E-state index contributed by atoms with van der Waals surface area (Å²) in [6, 6.07) is 3.66. The van der Waals surface area contributed by atoms with Gasteiger partial charge in [0.2, 0.25) is 0 Å². The molecule has 3 aromatic heterocycles. The standard InChI is InChI=1S/C13H12N2O2S/c1-6-4-5-9(17-6)11-14-12(16)10-7(2)8(3)18-13(10)15-11/h4-5H,1-3H3,(H,14,15,16). The van der Waals surface area contributed by atoms with E-state index >= 15 is 0 Å². The quantitative estimate of drug-likeness (QED) is 0.731. The van der Waals surface area contributed by atoms with Gasteiger partial charge in [-0.3, -0.25) is 4.79 Å². The molecule has 0 aliphatic carbocycles. The van der Waals surface area contributed by atoms with Crippen LogP contribution in [-0.4, -0.2) is 9.97 Å². The van der Waals surface area contributed by atoms with Crippen LogP contribution in [0.25, 0.3) is 21.8 Å². The minimum absolute atomic E-state index is 0.106. The van der Waals surface area contributed by atoms with Gasteiger partial charge in [-0.15, -0.1) is 11.3 Å². The van der Waals surface area contributed by atoms with Gasteiger partial charge in [0, 0.05) is 4.88 Å². The first kappa shape index (κ1) is 11.2. The molecule has 3 heterocycles. The van der Waals surface area contributed by atoms with E-state index in [2.05, 4.69) is 9.97 Å². The molecule has 92 valence electrons. The SMILES string of the molecule is Cc1ccc(-c2nc3sc(C)c(C)c3c(=O)[nH]2)o1. The fraction of sp³-hybridized carbons (Fsp3) is 0.231. The van der Waals surface area contributed by atoms with Gasteiger partial charge in [0.25, 0.3) is 5.56 Å². The second-order valence-electron chi connectivity index (χ2n) is 4.29. The molecule has 0 fully saturated rings. The van der Waals surface area contributed by atoms with Crippen LogP contribution in [0.2, 0.25) is 0 Å². The molecule has 0 spiro atoms. The largest absolute Gasteiger partial charge is 0.458 e. The lowest BCUT2D eigenvalue weighted by Crippen LogP contribution is -2.08. The highest BCUT2D eigenvalue weighted by molar-refractivity contribution is 7.18. The number of hydrogen-bond acceptors (Lipinski definition) is 4.